The van der Waals surface area contributed by atoms with Crippen LogP contribution in [0.5, 0.6) is 11.5 Å². The molecule has 0 radical (unpaired) electrons. The smallest absolute Gasteiger partial charge is 0.417 e. The Morgan fingerprint density at radius 3 is 1.26 bits per heavy atom. The molecule has 0 bridgehead atoms. The van der Waals surface area contributed by atoms with Gasteiger partial charge in [0.15, 0.2) is 11.6 Å². The molecule has 0 aromatic heterocycles. The summed E-state index contributed by atoms with van der Waals surface area (Å²) in [7, 11) is 2.99. The quantitative estimate of drug-likeness (QED) is 0.0335. The molecule has 0 amide bonds. The van der Waals surface area contributed by atoms with Crippen LogP contribution in [0.1, 0.15) is 20.7 Å². The van der Waals surface area contributed by atoms with Crippen molar-refractivity contribution in [2.75, 3.05) is 80.3 Å². The van der Waals surface area contributed by atoms with Gasteiger partial charge >= 0.3 is 11.9 Å². The predicted octanol–water partition coefficient (Wildman–Crippen LogP) is 1.74. The number of nitro groups is 2. The molecule has 0 saturated carbocycles. The van der Waals surface area contributed by atoms with Gasteiger partial charge in [-0.1, -0.05) is 0 Å². The topological polar surface area (TPSA) is 228 Å². The average molecular weight is 653 g/mol. The van der Waals surface area contributed by atoms with Crippen LogP contribution in [0.2, 0.25) is 0 Å². The Kier molecular flexibility index (Phi) is 16.6. The Balaban J connectivity index is 2.12. The molecule has 0 unspecified atom stereocenters. The van der Waals surface area contributed by atoms with Crippen molar-refractivity contribution in [1.29, 1.82) is 0 Å². The lowest BCUT2D eigenvalue weighted by atomic mass is 10.1. The number of esters is 2. The number of rotatable bonds is 22. The average Bonchev–Trinajstić information content (AvgIpc) is 3.03. The number of benzene rings is 2. The van der Waals surface area contributed by atoms with Gasteiger partial charge in [-0.25, -0.2) is 9.59 Å². The summed E-state index contributed by atoms with van der Waals surface area (Å²) in [6.07, 6.45) is 0. The zero-order chi connectivity index (χ0) is 33.9. The number of non-ortho nitro benzene ring substituents is 2. The van der Waals surface area contributed by atoms with E-state index in [1.807, 2.05) is 0 Å². The van der Waals surface area contributed by atoms with Gasteiger partial charge in [-0.15, -0.1) is 0 Å². The maximum Gasteiger partial charge on any atom is 0.423 e. The molecular formula is C28H32N2O16. The normalized spacial score (nSPS) is 10.7. The van der Waals surface area contributed by atoms with Crippen LogP contribution in [0.15, 0.2) is 36.4 Å². The summed E-state index contributed by atoms with van der Waals surface area (Å²) >= 11 is 0. The fraction of sp³-hybridized carbons (Fsp3) is 0.429. The Morgan fingerprint density at radius 1 is 0.565 bits per heavy atom. The third kappa shape index (κ3) is 12.7. The van der Waals surface area contributed by atoms with Crippen LogP contribution in [-0.4, -0.2) is 114 Å². The third-order valence-corrected chi connectivity index (χ3v) is 5.59. The monoisotopic (exact) mass is 652 g/mol. The minimum atomic E-state index is -1.67. The van der Waals surface area contributed by atoms with Crippen LogP contribution in [0.4, 0.5) is 11.4 Å². The SMILES string of the molecule is COCCOCCOCC(=O)c1cc([N+](=O)[O-])ccc1OC(=O)C(=O)Oc1ccc([N+](=O)[O-])cc1C(=O)COCCOCCOC. The summed E-state index contributed by atoms with van der Waals surface area (Å²) < 4.78 is 40.5. The lowest BCUT2D eigenvalue weighted by molar-refractivity contribution is -0.385. The highest BCUT2D eigenvalue weighted by molar-refractivity contribution is 6.31. The fourth-order valence-electron chi connectivity index (χ4n) is 3.37. The van der Waals surface area contributed by atoms with Gasteiger partial charge in [-0.05, 0) is 12.1 Å². The molecule has 2 rings (SSSR count). The summed E-state index contributed by atoms with van der Waals surface area (Å²) in [4.78, 5) is 71.7. The fourth-order valence-corrected chi connectivity index (χ4v) is 3.37. The number of methoxy groups -OCH3 is 2. The number of ketones is 2. The second-order valence-corrected chi connectivity index (χ2v) is 8.82. The van der Waals surface area contributed by atoms with Gasteiger partial charge in [-0.3, -0.25) is 29.8 Å². The van der Waals surface area contributed by atoms with E-state index in [1.165, 1.54) is 14.2 Å². The second-order valence-electron chi connectivity index (χ2n) is 8.82. The molecule has 0 spiro atoms. The molecule has 18 heteroatoms. The Labute approximate surface area is 261 Å². The van der Waals surface area contributed by atoms with Gasteiger partial charge < -0.3 is 37.9 Å². The van der Waals surface area contributed by atoms with E-state index < -0.39 is 80.6 Å². The van der Waals surface area contributed by atoms with Crippen LogP contribution in [0.3, 0.4) is 0 Å². The van der Waals surface area contributed by atoms with E-state index in [4.69, 9.17) is 37.9 Å². The van der Waals surface area contributed by atoms with Crippen LogP contribution in [-0.2, 0) is 38.0 Å². The van der Waals surface area contributed by atoms with Crippen molar-refractivity contribution in [2.24, 2.45) is 0 Å². The van der Waals surface area contributed by atoms with Crippen LogP contribution >= 0.6 is 0 Å². The van der Waals surface area contributed by atoms with E-state index in [2.05, 4.69) is 0 Å². The van der Waals surface area contributed by atoms with Gasteiger partial charge in [0.2, 0.25) is 0 Å². The first-order chi connectivity index (χ1) is 22.1. The molecule has 0 aliphatic heterocycles. The number of Topliss-reactive ketones (excluding diaryl/α,β-unsaturated/α-hetero) is 2. The summed E-state index contributed by atoms with van der Waals surface area (Å²) in [5.41, 5.74) is -1.90. The Bertz CT molecular complexity index is 1280. The number of carbonyl (C=O) groups excluding carboxylic acids is 4. The van der Waals surface area contributed by atoms with E-state index in [0.717, 1.165) is 36.4 Å². The van der Waals surface area contributed by atoms with Crippen molar-refractivity contribution in [2.45, 2.75) is 0 Å². The zero-order valence-electron chi connectivity index (χ0n) is 25.0. The van der Waals surface area contributed by atoms with E-state index in [9.17, 15) is 39.4 Å². The summed E-state index contributed by atoms with van der Waals surface area (Å²) in [5.74, 6) is -6.00. The van der Waals surface area contributed by atoms with Crippen molar-refractivity contribution in [3.05, 3.63) is 67.8 Å². The highest BCUT2D eigenvalue weighted by atomic mass is 16.6. The van der Waals surface area contributed by atoms with E-state index in [-0.39, 0.29) is 26.4 Å². The molecule has 0 N–H and O–H groups in total. The first-order valence-corrected chi connectivity index (χ1v) is 13.4. The Morgan fingerprint density at radius 2 is 0.913 bits per heavy atom. The molecule has 0 aliphatic carbocycles. The minimum absolute atomic E-state index is 0.00464. The summed E-state index contributed by atoms with van der Waals surface area (Å²) in [6.45, 7) is 0.400. The van der Waals surface area contributed by atoms with Gasteiger partial charge in [0.1, 0.15) is 24.7 Å². The maximum atomic E-state index is 12.8. The van der Waals surface area contributed by atoms with Gasteiger partial charge in [0, 0.05) is 38.5 Å². The van der Waals surface area contributed by atoms with E-state index in [1.54, 1.807) is 0 Å². The van der Waals surface area contributed by atoms with E-state index in [0.29, 0.717) is 26.4 Å². The molecule has 2 aromatic rings. The molecule has 18 nitrogen and oxygen atoms in total. The number of carbonyl (C=O) groups is 4. The van der Waals surface area contributed by atoms with Crippen molar-refractivity contribution in [3.63, 3.8) is 0 Å². The van der Waals surface area contributed by atoms with Gasteiger partial charge in [0.05, 0.1) is 73.8 Å². The Hall–Kier alpha value is -4.72. The highest BCUT2D eigenvalue weighted by Gasteiger charge is 2.27. The van der Waals surface area contributed by atoms with Gasteiger partial charge in [-0.2, -0.15) is 0 Å². The molecule has 0 atom stereocenters. The first kappa shape index (κ1) is 37.5. The van der Waals surface area contributed by atoms with Crippen molar-refractivity contribution in [3.8, 4) is 11.5 Å². The predicted molar refractivity (Wildman–Crippen MR) is 153 cm³/mol. The summed E-state index contributed by atoms with van der Waals surface area (Å²) in [5, 5.41) is 22.5. The minimum Gasteiger partial charge on any atom is -0.417 e. The molecule has 0 fully saturated rings. The van der Waals surface area contributed by atoms with Crippen LogP contribution in [0, 0.1) is 20.2 Å². The standard InChI is InChI=1S/C28H32N2O16/c1-39-7-9-41-11-13-43-17-23(31)21-15-19(29(35)36)3-5-25(21)45-27(33)28(34)46-26-6-4-20(30(37)38)16-22(26)24(32)18-44-14-12-42-10-8-40-2/h3-6,15-16H,7-14,17-18H2,1-2H3. The molecule has 46 heavy (non-hydrogen) atoms. The zero-order valence-corrected chi connectivity index (χ0v) is 25.0. The first-order valence-electron chi connectivity index (χ1n) is 13.4. The second kappa shape index (κ2) is 20.3. The molecule has 2 aromatic carbocycles. The van der Waals surface area contributed by atoms with Crippen LogP contribution in [0.25, 0.3) is 0 Å². The molecule has 0 heterocycles. The maximum absolute atomic E-state index is 12.8. The van der Waals surface area contributed by atoms with Crippen LogP contribution < -0.4 is 9.47 Å². The van der Waals surface area contributed by atoms with Gasteiger partial charge in [0.25, 0.3) is 11.4 Å². The molecule has 0 saturated heterocycles. The molecule has 0 aliphatic rings. The number of ether oxygens (including phenoxy) is 8. The molecule has 250 valence electrons. The summed E-state index contributed by atoms with van der Waals surface area (Å²) in [6, 6.07) is 5.41. The molecular weight excluding hydrogens is 620 g/mol. The number of nitrogens with zero attached hydrogens (tertiary/aromatic N) is 2. The van der Waals surface area contributed by atoms with Crippen molar-refractivity contribution < 1.29 is 66.9 Å². The third-order valence-electron chi connectivity index (χ3n) is 5.59. The number of hydrogen-bond donors (Lipinski definition) is 0. The lowest BCUT2D eigenvalue weighted by Crippen LogP contribution is -2.27. The van der Waals surface area contributed by atoms with E-state index >= 15 is 0 Å². The van der Waals surface area contributed by atoms with Crippen molar-refractivity contribution >= 4 is 34.9 Å². The largest absolute Gasteiger partial charge is 0.423 e. The lowest BCUT2D eigenvalue weighted by Gasteiger charge is -2.11. The highest BCUT2D eigenvalue weighted by Crippen LogP contribution is 2.27. The van der Waals surface area contributed by atoms with Crippen molar-refractivity contribution in [1.82, 2.24) is 0 Å². The number of hydrogen-bond acceptors (Lipinski definition) is 16. The number of nitro benzene ring substituents is 2.